The Hall–Kier alpha value is -18.6. The van der Waals surface area contributed by atoms with Gasteiger partial charge in [0.2, 0.25) is 0 Å². The molecule has 0 radical (unpaired) electrons. The third kappa shape index (κ3) is 13.9. The van der Waals surface area contributed by atoms with Crippen molar-refractivity contribution in [1.82, 2.24) is 53.6 Å². The number of rotatable bonds is 11. The number of hydrogen-bond acceptors (Lipinski definition) is 13. The van der Waals surface area contributed by atoms with Crippen LogP contribution in [0.3, 0.4) is 0 Å². The summed E-state index contributed by atoms with van der Waals surface area (Å²) in [5.74, 6) is 4.05. The number of benzene rings is 18. The van der Waals surface area contributed by atoms with E-state index in [0.717, 1.165) is 133 Å². The molecule has 0 amide bonds. The van der Waals surface area contributed by atoms with Crippen LogP contribution in [-0.2, 0) is 0 Å². The molecule has 9 heterocycles. The maximum atomic E-state index is 9.53. The van der Waals surface area contributed by atoms with E-state index >= 15 is 0 Å². The van der Waals surface area contributed by atoms with Crippen LogP contribution >= 0.6 is 22.7 Å². The van der Waals surface area contributed by atoms with Crippen LogP contribution in [0.5, 0.6) is 0 Å². The standard InChI is InChI=1S/C40H23N5O.C40H23N5S.C39H22N4S/c41-24-25-10-8-13-27(20-25)39-42-38(26-11-2-1-3-12-26)43-40(44-39)28-14-9-15-29(21-28)45-34-18-6-4-16-30(34)32-23-37-33(22-35(32)45)31-17-5-7-19-36(31)46-37;41-24-25-17-19-27(20-18-25)39-42-38(26-9-2-1-3-10-26)43-40(44-39)28-11-8-12-29(21-28)45-34-15-6-4-13-30(34)32-23-37-33(22-35(32)45)31-14-5-7-16-36(31)46-37;1-40-26-18-14-24(15-19-26)36-32-10-2-5-11-33(32)41-39(42-36)25-16-20-27(21-17-25)43-34-12-6-3-8-28(34)30-22-23-31-29-9-4-7-13-35(29)44-38(31)37(30)43/h2*1-23H;2-23H. The number of fused-ring (bicyclic) bond motifs is 20. The van der Waals surface area contributed by atoms with Gasteiger partial charge in [0.1, 0.15) is 11.2 Å². The third-order valence-corrected chi connectivity index (χ3v) is 27.7. The van der Waals surface area contributed by atoms with Crippen molar-refractivity contribution in [2.75, 3.05) is 0 Å². The van der Waals surface area contributed by atoms with E-state index in [1.165, 1.54) is 72.9 Å². The summed E-state index contributed by atoms with van der Waals surface area (Å²) in [5.41, 5.74) is 22.3. The summed E-state index contributed by atoms with van der Waals surface area (Å²) in [5, 5.41) is 34.4. The molecule has 0 N–H and O–H groups in total. The Morgan fingerprint density at radius 3 is 1.27 bits per heavy atom. The highest BCUT2D eigenvalue weighted by Gasteiger charge is 2.25. The first-order valence-corrected chi connectivity index (χ1v) is 46.1. The largest absolute Gasteiger partial charge is 0.456 e. The molecular formula is C119H68N14OS2. The number of para-hydroxylation sites is 5. The Balaban J connectivity index is 0.000000109. The van der Waals surface area contributed by atoms with Crippen LogP contribution in [-0.4, -0.2) is 53.6 Å². The van der Waals surface area contributed by atoms with E-state index in [9.17, 15) is 10.5 Å². The molecule has 17 heteroatoms. The van der Waals surface area contributed by atoms with E-state index in [0.29, 0.717) is 57.6 Å². The molecule has 15 nitrogen and oxygen atoms in total. The van der Waals surface area contributed by atoms with E-state index in [-0.39, 0.29) is 0 Å². The Morgan fingerprint density at radius 1 is 0.250 bits per heavy atom. The monoisotopic (exact) mass is 1770 g/mol. The molecule has 0 spiro atoms. The zero-order valence-electron chi connectivity index (χ0n) is 72.2. The highest BCUT2D eigenvalue weighted by Crippen LogP contribution is 2.47. The van der Waals surface area contributed by atoms with Gasteiger partial charge in [0, 0.05) is 140 Å². The highest BCUT2D eigenvalue weighted by molar-refractivity contribution is 7.27. The number of thiophene rings is 2. The molecule has 0 aliphatic heterocycles. The van der Waals surface area contributed by atoms with Gasteiger partial charge < -0.3 is 18.1 Å². The molecule has 18 aromatic carbocycles. The van der Waals surface area contributed by atoms with Gasteiger partial charge in [-0.15, -0.1) is 22.7 Å². The number of aromatic nitrogens is 11. The predicted octanol–water partition coefficient (Wildman–Crippen LogP) is 30.9. The minimum Gasteiger partial charge on any atom is -0.456 e. The lowest BCUT2D eigenvalue weighted by Gasteiger charge is -2.11. The van der Waals surface area contributed by atoms with Gasteiger partial charge in [0.15, 0.2) is 46.5 Å². The second-order valence-electron chi connectivity index (χ2n) is 33.4. The van der Waals surface area contributed by atoms with Crippen LogP contribution < -0.4 is 0 Å². The summed E-state index contributed by atoms with van der Waals surface area (Å²) in [6.45, 7) is 7.32. The summed E-state index contributed by atoms with van der Waals surface area (Å²) >= 11 is 3.70. The van der Waals surface area contributed by atoms with Crippen LogP contribution in [0.1, 0.15) is 11.1 Å². The van der Waals surface area contributed by atoms with Gasteiger partial charge in [-0.1, -0.05) is 261 Å². The Labute approximate surface area is 785 Å². The minimum absolute atomic E-state index is 0.512. The maximum Gasteiger partial charge on any atom is 0.187 e. The molecule has 0 saturated carbocycles. The van der Waals surface area contributed by atoms with Gasteiger partial charge in [0.25, 0.3) is 0 Å². The molecule has 0 aliphatic carbocycles. The Morgan fingerprint density at radius 2 is 0.684 bits per heavy atom. The summed E-state index contributed by atoms with van der Waals surface area (Å²) in [4.78, 5) is 43.1. The molecule has 27 aromatic rings. The molecule has 0 unspecified atom stereocenters. The van der Waals surface area contributed by atoms with E-state index in [4.69, 9.17) is 50.9 Å². The summed E-state index contributed by atoms with van der Waals surface area (Å²) in [6, 6.07) is 145. The lowest BCUT2D eigenvalue weighted by atomic mass is 10.1. The highest BCUT2D eigenvalue weighted by atomic mass is 32.1. The molecule has 27 rings (SSSR count). The Bertz CT molecular complexity index is 9680. The smallest absolute Gasteiger partial charge is 0.187 e. The fourth-order valence-corrected chi connectivity index (χ4v) is 21.4. The lowest BCUT2D eigenvalue weighted by Crippen LogP contribution is -2.01. The minimum atomic E-state index is 0.512. The first-order valence-electron chi connectivity index (χ1n) is 44.5. The van der Waals surface area contributed by atoms with Crippen LogP contribution in [0.4, 0.5) is 5.69 Å². The molecule has 0 saturated heterocycles. The summed E-state index contributed by atoms with van der Waals surface area (Å²) in [6.07, 6.45) is 0. The molecule has 9 aromatic heterocycles. The van der Waals surface area contributed by atoms with Crippen molar-refractivity contribution in [2.24, 2.45) is 0 Å². The van der Waals surface area contributed by atoms with Crippen LogP contribution in [0.2, 0.25) is 0 Å². The quantitative estimate of drug-likeness (QED) is 0.112. The second kappa shape index (κ2) is 33.1. The normalized spacial score (nSPS) is 11.5. The molecule has 0 aliphatic rings. The van der Waals surface area contributed by atoms with Crippen molar-refractivity contribution in [1.29, 1.82) is 10.5 Å². The van der Waals surface area contributed by atoms with Gasteiger partial charge >= 0.3 is 0 Å². The molecule has 0 atom stereocenters. The molecule has 0 fully saturated rings. The number of hydrogen-bond donors (Lipinski definition) is 0. The van der Waals surface area contributed by atoms with Gasteiger partial charge in [-0.3, -0.25) is 0 Å². The number of nitriles is 2. The van der Waals surface area contributed by atoms with Crippen molar-refractivity contribution in [3.05, 3.63) is 435 Å². The van der Waals surface area contributed by atoms with E-state index in [1.54, 1.807) is 18.2 Å². The number of nitrogens with zero attached hydrogens (tertiary/aromatic N) is 14. The fourth-order valence-electron chi connectivity index (χ4n) is 19.0. The first-order chi connectivity index (χ1) is 67.2. The third-order valence-electron chi connectivity index (χ3n) is 25.4. The topological polar surface area (TPSA) is 183 Å². The van der Waals surface area contributed by atoms with Gasteiger partial charge in [-0.05, 0) is 157 Å². The number of furan rings is 1. The van der Waals surface area contributed by atoms with Crippen LogP contribution in [0, 0.1) is 29.2 Å². The van der Waals surface area contributed by atoms with E-state index < -0.39 is 0 Å². The van der Waals surface area contributed by atoms with Gasteiger partial charge in [-0.2, -0.15) is 10.5 Å². The SMILES string of the molecule is N#Cc1ccc(-c2nc(-c3ccccc3)nc(-c3cccc(-n4c5ccccc5c5cc6sc7ccccc7c6cc54)c3)n2)cc1.N#Cc1cccc(-c2nc(-c3ccccc3)nc(-c3cccc(-n4c5ccccc5c5cc6oc7ccccc7c6cc54)c3)n2)c1.[C-]#[N+]c1ccc(-c2nc(-c3ccc(-n4c5ccccc5c5ccc6c7ccccc7sc6c54)cc3)nc3ccccc23)cc1. The second-order valence-corrected chi connectivity index (χ2v) is 35.5. The van der Waals surface area contributed by atoms with E-state index in [2.05, 4.69) is 261 Å². The van der Waals surface area contributed by atoms with E-state index in [1.807, 2.05) is 186 Å². The molecular weight excluding hydrogens is 1710 g/mol. The van der Waals surface area contributed by atoms with Crippen molar-refractivity contribution < 1.29 is 4.42 Å². The predicted molar refractivity (Wildman–Crippen MR) is 554 cm³/mol. The average Bonchev–Trinajstić information content (AvgIpc) is 1.57. The first kappa shape index (κ1) is 79.6. The zero-order chi connectivity index (χ0) is 90.4. The van der Waals surface area contributed by atoms with Crippen LogP contribution in [0.15, 0.2) is 417 Å². The zero-order valence-corrected chi connectivity index (χ0v) is 73.9. The van der Waals surface area contributed by atoms with Gasteiger partial charge in [0.05, 0.1) is 78.8 Å². The molecule has 136 heavy (non-hydrogen) atoms. The fraction of sp³-hybridized carbons (Fsp3) is 0. The summed E-state index contributed by atoms with van der Waals surface area (Å²) in [7, 11) is 0. The Kier molecular flexibility index (Phi) is 19.4. The lowest BCUT2D eigenvalue weighted by molar-refractivity contribution is 0.669. The summed E-state index contributed by atoms with van der Waals surface area (Å²) < 4.78 is 18.5. The van der Waals surface area contributed by atoms with Crippen molar-refractivity contribution in [3.8, 4) is 120 Å². The average molecular weight is 1770 g/mol. The van der Waals surface area contributed by atoms with Crippen molar-refractivity contribution >= 4 is 167 Å². The van der Waals surface area contributed by atoms with Crippen molar-refractivity contribution in [2.45, 2.75) is 0 Å². The van der Waals surface area contributed by atoms with Crippen LogP contribution in [0.25, 0.3) is 251 Å². The van der Waals surface area contributed by atoms with Gasteiger partial charge in [-0.25, -0.2) is 44.7 Å². The maximum absolute atomic E-state index is 9.53. The van der Waals surface area contributed by atoms with Crippen molar-refractivity contribution in [3.63, 3.8) is 0 Å². The molecule has 0 bridgehead atoms. The molecule has 632 valence electrons.